The van der Waals surface area contributed by atoms with Crippen LogP contribution in [0.1, 0.15) is 30.4 Å². The molecule has 3 unspecified atom stereocenters. The van der Waals surface area contributed by atoms with E-state index in [1.165, 1.54) is 22.7 Å². The first-order chi connectivity index (χ1) is 12.2. The first-order valence-corrected chi connectivity index (χ1v) is 10.1. The highest BCUT2D eigenvalue weighted by molar-refractivity contribution is 7.29. The lowest BCUT2D eigenvalue weighted by atomic mass is 10.2. The van der Waals surface area contributed by atoms with Crippen molar-refractivity contribution < 1.29 is 19.1 Å². The molecule has 26 heavy (non-hydrogen) atoms. The second-order valence-corrected chi connectivity index (χ2v) is 8.76. The Hall–Kier alpha value is -1.71. The summed E-state index contributed by atoms with van der Waals surface area (Å²) in [4.78, 5) is 34.4. The molecule has 2 aromatic heterocycles. The summed E-state index contributed by atoms with van der Waals surface area (Å²) in [5, 5.41) is 0.894. The number of carbonyl (C=O) groups excluding carboxylic acids is 2. The number of morpholine rings is 1. The van der Waals surface area contributed by atoms with Crippen molar-refractivity contribution in [2.24, 2.45) is 0 Å². The summed E-state index contributed by atoms with van der Waals surface area (Å²) in [6.45, 7) is 6.50. The molecule has 1 amide bonds. The van der Waals surface area contributed by atoms with E-state index in [-0.39, 0.29) is 18.1 Å². The molecule has 2 aromatic rings. The van der Waals surface area contributed by atoms with E-state index in [2.05, 4.69) is 4.98 Å². The van der Waals surface area contributed by atoms with Crippen LogP contribution in [0.15, 0.2) is 6.07 Å². The molecule has 7 nitrogen and oxygen atoms in total. The summed E-state index contributed by atoms with van der Waals surface area (Å²) in [5.74, 6) is -0.673. The van der Waals surface area contributed by atoms with Gasteiger partial charge in [0.15, 0.2) is 11.2 Å². The second kappa shape index (κ2) is 7.50. The molecule has 0 spiro atoms. The normalized spacial score (nSPS) is 21.7. The Kier molecular flexibility index (Phi) is 5.50. The minimum Gasteiger partial charge on any atom is -0.448 e. The smallest absolute Gasteiger partial charge is 0.349 e. The van der Waals surface area contributed by atoms with Crippen LogP contribution in [0, 0.1) is 0 Å². The standard InChI is InChI=1S/C17H23N3O4S2/c1-9-7-20(8-10(2)23-9)15(21)11(3)24-16(22)13-6-12-14(25-13)18-17(26-12)19(4)5/h6,9-11H,7-8H2,1-5H3. The Morgan fingerprint density at radius 1 is 1.31 bits per heavy atom. The van der Waals surface area contributed by atoms with Gasteiger partial charge < -0.3 is 19.3 Å². The quantitative estimate of drug-likeness (QED) is 0.739. The molecule has 1 saturated heterocycles. The van der Waals surface area contributed by atoms with E-state index >= 15 is 0 Å². The van der Waals surface area contributed by atoms with Crippen molar-refractivity contribution in [3.8, 4) is 0 Å². The molecule has 0 bridgehead atoms. The number of nitrogens with zero attached hydrogens (tertiary/aromatic N) is 3. The van der Waals surface area contributed by atoms with Crippen molar-refractivity contribution in [3.63, 3.8) is 0 Å². The number of hydrogen-bond acceptors (Lipinski definition) is 8. The highest BCUT2D eigenvalue weighted by Gasteiger charge is 2.31. The van der Waals surface area contributed by atoms with Gasteiger partial charge in [-0.25, -0.2) is 9.78 Å². The molecule has 9 heteroatoms. The van der Waals surface area contributed by atoms with Crippen LogP contribution in [0.4, 0.5) is 5.13 Å². The molecule has 3 heterocycles. The maximum absolute atomic E-state index is 12.6. The van der Waals surface area contributed by atoms with Gasteiger partial charge in [-0.1, -0.05) is 11.3 Å². The molecule has 0 aromatic carbocycles. The van der Waals surface area contributed by atoms with Gasteiger partial charge in [-0.3, -0.25) is 4.79 Å². The van der Waals surface area contributed by atoms with Gasteiger partial charge in [-0.15, -0.1) is 11.3 Å². The first kappa shape index (κ1) is 19.1. The van der Waals surface area contributed by atoms with Gasteiger partial charge in [-0.2, -0.15) is 0 Å². The van der Waals surface area contributed by atoms with Crippen LogP contribution in [-0.4, -0.2) is 67.3 Å². The molecule has 1 aliphatic heterocycles. The number of hydrogen-bond donors (Lipinski definition) is 0. The average molecular weight is 398 g/mol. The fourth-order valence-electron chi connectivity index (χ4n) is 2.90. The monoisotopic (exact) mass is 397 g/mol. The Morgan fingerprint density at radius 2 is 1.96 bits per heavy atom. The van der Waals surface area contributed by atoms with Gasteiger partial charge in [-0.05, 0) is 26.8 Å². The van der Waals surface area contributed by atoms with E-state index in [9.17, 15) is 9.59 Å². The lowest BCUT2D eigenvalue weighted by molar-refractivity contribution is -0.151. The fraction of sp³-hybridized carbons (Fsp3) is 0.588. The summed E-state index contributed by atoms with van der Waals surface area (Å²) in [6, 6.07) is 1.78. The van der Waals surface area contributed by atoms with Crippen LogP contribution in [0.2, 0.25) is 0 Å². The van der Waals surface area contributed by atoms with Gasteiger partial charge in [0.25, 0.3) is 5.91 Å². The third kappa shape index (κ3) is 3.99. The number of amides is 1. The minimum absolute atomic E-state index is 0.0216. The lowest BCUT2D eigenvalue weighted by Gasteiger charge is -2.36. The van der Waals surface area contributed by atoms with Crippen LogP contribution >= 0.6 is 22.7 Å². The third-order valence-corrected chi connectivity index (χ3v) is 6.33. The van der Waals surface area contributed by atoms with Crippen molar-refractivity contribution in [2.75, 3.05) is 32.1 Å². The number of thiazole rings is 1. The first-order valence-electron chi connectivity index (χ1n) is 8.47. The summed E-state index contributed by atoms with van der Waals surface area (Å²) in [6.07, 6.45) is -0.872. The highest BCUT2D eigenvalue weighted by Crippen LogP contribution is 2.34. The number of rotatable bonds is 4. The van der Waals surface area contributed by atoms with Crippen molar-refractivity contribution in [2.45, 2.75) is 39.1 Å². The topological polar surface area (TPSA) is 72.0 Å². The minimum atomic E-state index is -0.828. The largest absolute Gasteiger partial charge is 0.448 e. The predicted octanol–water partition coefficient (Wildman–Crippen LogP) is 2.60. The SMILES string of the molecule is CC1CN(C(=O)C(C)OC(=O)c2cc3sc(N(C)C)nc3s2)CC(C)O1. The number of aromatic nitrogens is 1. The third-order valence-electron chi connectivity index (χ3n) is 4.02. The molecule has 3 atom stereocenters. The van der Waals surface area contributed by atoms with Crippen molar-refractivity contribution in [3.05, 3.63) is 10.9 Å². The van der Waals surface area contributed by atoms with Crippen LogP contribution in [0.5, 0.6) is 0 Å². The Labute approximate surface area is 160 Å². The van der Waals surface area contributed by atoms with E-state index in [1.807, 2.05) is 32.8 Å². The van der Waals surface area contributed by atoms with Crippen LogP contribution < -0.4 is 4.90 Å². The number of thiophene rings is 1. The summed E-state index contributed by atoms with van der Waals surface area (Å²) in [7, 11) is 3.86. The van der Waals surface area contributed by atoms with Crippen LogP contribution in [0.25, 0.3) is 9.53 Å². The molecule has 0 N–H and O–H groups in total. The number of ether oxygens (including phenoxy) is 2. The zero-order valence-corrected chi connectivity index (χ0v) is 17.1. The van der Waals surface area contributed by atoms with Gasteiger partial charge in [0, 0.05) is 27.2 Å². The van der Waals surface area contributed by atoms with E-state index in [4.69, 9.17) is 9.47 Å². The zero-order chi connectivity index (χ0) is 19.0. The van der Waals surface area contributed by atoms with Crippen LogP contribution in [-0.2, 0) is 14.3 Å². The van der Waals surface area contributed by atoms with Gasteiger partial charge in [0.05, 0.1) is 16.9 Å². The predicted molar refractivity (Wildman–Crippen MR) is 103 cm³/mol. The molecule has 142 valence electrons. The van der Waals surface area contributed by atoms with Crippen molar-refractivity contribution >= 4 is 49.2 Å². The van der Waals surface area contributed by atoms with E-state index in [1.54, 1.807) is 17.9 Å². The number of carbonyl (C=O) groups is 2. The van der Waals surface area contributed by atoms with Gasteiger partial charge in [0.2, 0.25) is 0 Å². The van der Waals surface area contributed by atoms with E-state index in [0.29, 0.717) is 18.0 Å². The maximum Gasteiger partial charge on any atom is 0.349 e. The Balaban J connectivity index is 1.65. The molecule has 0 saturated carbocycles. The molecular formula is C17H23N3O4S2. The lowest BCUT2D eigenvalue weighted by Crippen LogP contribution is -2.51. The van der Waals surface area contributed by atoms with Crippen molar-refractivity contribution in [1.29, 1.82) is 0 Å². The molecule has 1 aliphatic rings. The maximum atomic E-state index is 12.6. The van der Waals surface area contributed by atoms with Crippen molar-refractivity contribution in [1.82, 2.24) is 9.88 Å². The zero-order valence-electron chi connectivity index (χ0n) is 15.5. The molecule has 0 aliphatic carbocycles. The second-order valence-electron chi connectivity index (χ2n) is 6.72. The summed E-state index contributed by atoms with van der Waals surface area (Å²) in [5.41, 5.74) is 0. The van der Waals surface area contributed by atoms with E-state index < -0.39 is 12.1 Å². The Bertz CT molecular complexity index is 775. The average Bonchev–Trinajstić information content (AvgIpc) is 3.11. The fourth-order valence-corrected chi connectivity index (χ4v) is 4.92. The number of esters is 1. The Morgan fingerprint density at radius 3 is 2.54 bits per heavy atom. The number of anilines is 1. The van der Waals surface area contributed by atoms with Crippen LogP contribution in [0.3, 0.4) is 0 Å². The van der Waals surface area contributed by atoms with Gasteiger partial charge >= 0.3 is 5.97 Å². The summed E-state index contributed by atoms with van der Waals surface area (Å²) < 4.78 is 12.0. The highest BCUT2D eigenvalue weighted by atomic mass is 32.1. The molecule has 3 rings (SSSR count). The molecule has 0 radical (unpaired) electrons. The summed E-state index contributed by atoms with van der Waals surface area (Å²) >= 11 is 2.81. The van der Waals surface area contributed by atoms with Gasteiger partial charge in [0.1, 0.15) is 9.71 Å². The van der Waals surface area contributed by atoms with E-state index in [0.717, 1.165) is 14.7 Å². The number of fused-ring (bicyclic) bond motifs is 1. The molecular weight excluding hydrogens is 374 g/mol. The molecule has 1 fully saturated rings.